The molecule has 12 atom stereocenters. The lowest BCUT2D eigenvalue weighted by molar-refractivity contribution is -0.145. The van der Waals surface area contributed by atoms with Crippen LogP contribution in [0.1, 0.15) is 143 Å². The minimum atomic E-state index is -1.78. The molecule has 0 saturated carbocycles. The van der Waals surface area contributed by atoms with Crippen LogP contribution in [0, 0.1) is 5.92 Å². The number of amides is 13. The van der Waals surface area contributed by atoms with Crippen LogP contribution in [-0.2, 0) is 73.5 Å². The Hall–Kier alpha value is -9.44. The SMILES string of the molecule is C.CSCCC(NC(=O)C1CCCN1C(=O)CNC(=O)C(CCCCN)NC(=O)C(Cc1cnc[nH]1)NC(=O)C(CO)NC(=O)C(CC(C)C)NC(=O)C(CCCN=C(N)N)NC(=O)C1CCCN1C(=O)C(CCCN=C(N)N)NC(=O)C(N)CCC(N)=O)C(=O)N1CCCC1C(=O)NC(C)C(=O)O. The number of nitrogens with one attached hydrogen (secondary N) is 10. The predicted octanol–water partition coefficient (Wildman–Crippen LogP) is -6.72. The largest absolute Gasteiger partial charge is 0.480 e. The smallest absolute Gasteiger partial charge is 0.325 e. The van der Waals surface area contributed by atoms with E-state index in [1.54, 1.807) is 13.8 Å². The van der Waals surface area contributed by atoms with Gasteiger partial charge in [0.15, 0.2) is 11.9 Å². The van der Waals surface area contributed by atoms with E-state index in [2.05, 4.69) is 67.8 Å². The second kappa shape index (κ2) is 45.6. The number of thioether (sulfide) groups is 1. The number of aliphatic hydroxyl groups excluding tert-OH is 1. The predicted molar refractivity (Wildman–Crippen MR) is 384 cm³/mol. The zero-order valence-corrected chi connectivity index (χ0v) is 59.8. The first-order valence-corrected chi connectivity index (χ1v) is 36.1. The van der Waals surface area contributed by atoms with Gasteiger partial charge in [-0.1, -0.05) is 21.3 Å². The number of carboxylic acids is 1. The molecule has 1 aromatic rings. The van der Waals surface area contributed by atoms with Crippen molar-refractivity contribution in [3.8, 4) is 0 Å². The molecular formula is C64H111N23O16S. The number of guanidine groups is 2. The highest BCUT2D eigenvalue weighted by molar-refractivity contribution is 7.98. The number of aliphatic hydroxyl groups is 1. The molecule has 26 N–H and O–H groups in total. The first kappa shape index (κ1) is 88.8. The van der Waals surface area contributed by atoms with Gasteiger partial charge in [-0.15, -0.1) is 0 Å². The lowest BCUT2D eigenvalue weighted by Crippen LogP contribution is -2.61. The second-order valence-corrected chi connectivity index (χ2v) is 27.0. The van der Waals surface area contributed by atoms with Gasteiger partial charge in [0, 0.05) is 57.5 Å². The van der Waals surface area contributed by atoms with E-state index in [4.69, 9.17) is 40.1 Å². The Kier molecular flexibility index (Phi) is 38.9. The van der Waals surface area contributed by atoms with Crippen molar-refractivity contribution >= 4 is 106 Å². The normalized spacial score (nSPS) is 18.0. The number of H-pyrrole nitrogens is 1. The van der Waals surface area contributed by atoms with Gasteiger partial charge in [0.05, 0.1) is 25.5 Å². The molecule has 39 nitrogen and oxygen atoms in total. The molecule has 0 aromatic carbocycles. The Bertz CT molecular complexity index is 3120. The van der Waals surface area contributed by atoms with Crippen molar-refractivity contribution in [2.24, 2.45) is 56.0 Å². The topological polar surface area (TPSA) is 633 Å². The third kappa shape index (κ3) is 29.4. The van der Waals surface area contributed by atoms with Crippen LogP contribution in [-0.4, -0.2) is 266 Å². The van der Waals surface area contributed by atoms with E-state index in [9.17, 15) is 77.3 Å². The van der Waals surface area contributed by atoms with Gasteiger partial charge in [-0.2, -0.15) is 11.8 Å². The third-order valence-corrected chi connectivity index (χ3v) is 18.1. The average molecular weight is 1490 g/mol. The van der Waals surface area contributed by atoms with E-state index in [0.717, 1.165) is 0 Å². The van der Waals surface area contributed by atoms with Crippen LogP contribution in [0.15, 0.2) is 22.5 Å². The number of aromatic nitrogens is 2. The van der Waals surface area contributed by atoms with E-state index in [1.165, 1.54) is 45.9 Å². The lowest BCUT2D eigenvalue weighted by atomic mass is 10.0. The van der Waals surface area contributed by atoms with Crippen LogP contribution >= 0.6 is 11.8 Å². The number of hydrogen-bond acceptors (Lipinski definition) is 21. The van der Waals surface area contributed by atoms with Gasteiger partial charge in [0.2, 0.25) is 76.8 Å². The van der Waals surface area contributed by atoms with Crippen LogP contribution < -0.4 is 88.0 Å². The highest BCUT2D eigenvalue weighted by atomic mass is 32.2. The molecule has 1 aromatic heterocycles. The average Bonchev–Trinajstić information content (AvgIpc) is 1.66. The molecule has 0 radical (unpaired) electrons. The minimum absolute atomic E-state index is 0. The van der Waals surface area contributed by atoms with E-state index >= 15 is 0 Å². The number of likely N-dealkylation sites (tertiary alicyclic amines) is 3. The number of aliphatic imine (C=N–C) groups is 2. The molecule has 3 fully saturated rings. The van der Waals surface area contributed by atoms with Crippen molar-refractivity contribution < 1.29 is 77.3 Å². The molecule has 0 bridgehead atoms. The molecule has 104 heavy (non-hydrogen) atoms. The van der Waals surface area contributed by atoms with E-state index in [1.807, 2.05) is 6.26 Å². The maximum Gasteiger partial charge on any atom is 0.325 e. The Morgan fingerprint density at radius 3 is 1.57 bits per heavy atom. The Balaban J connectivity index is 0.0000281. The van der Waals surface area contributed by atoms with E-state index < -0.39 is 168 Å². The summed E-state index contributed by atoms with van der Waals surface area (Å²) in [6, 6.07) is -15.4. The summed E-state index contributed by atoms with van der Waals surface area (Å²) in [5.41, 5.74) is 39.5. The molecule has 0 spiro atoms. The molecule has 13 amide bonds. The first-order valence-electron chi connectivity index (χ1n) is 34.7. The Morgan fingerprint density at radius 2 is 1.05 bits per heavy atom. The number of nitrogens with two attached hydrogens (primary N) is 7. The second-order valence-electron chi connectivity index (χ2n) is 26.0. The molecule has 12 unspecified atom stereocenters. The fourth-order valence-corrected chi connectivity index (χ4v) is 12.4. The number of unbranched alkanes of at least 4 members (excludes halogenated alkanes) is 1. The summed E-state index contributed by atoms with van der Waals surface area (Å²) in [6.45, 7) is 3.80. The lowest BCUT2D eigenvalue weighted by Gasteiger charge is -2.31. The molecule has 4 heterocycles. The number of imidazole rings is 1. The van der Waals surface area contributed by atoms with Gasteiger partial charge in [-0.05, 0) is 134 Å². The first-order chi connectivity index (χ1) is 48.9. The van der Waals surface area contributed by atoms with Crippen LogP contribution in [0.4, 0.5) is 0 Å². The van der Waals surface area contributed by atoms with Gasteiger partial charge in [0.1, 0.15) is 66.5 Å². The highest BCUT2D eigenvalue weighted by Gasteiger charge is 2.43. The molecule has 40 heteroatoms. The minimum Gasteiger partial charge on any atom is -0.480 e. The summed E-state index contributed by atoms with van der Waals surface area (Å²) >= 11 is 1.42. The summed E-state index contributed by atoms with van der Waals surface area (Å²) in [6.07, 6.45) is 6.78. The van der Waals surface area contributed by atoms with E-state index in [0.29, 0.717) is 43.6 Å². The van der Waals surface area contributed by atoms with Crippen molar-refractivity contribution in [2.75, 3.05) is 64.4 Å². The highest BCUT2D eigenvalue weighted by Crippen LogP contribution is 2.24. The van der Waals surface area contributed by atoms with E-state index in [-0.39, 0.29) is 148 Å². The monoisotopic (exact) mass is 1490 g/mol. The molecular weight excluding hydrogens is 1380 g/mol. The summed E-state index contributed by atoms with van der Waals surface area (Å²) in [7, 11) is 0. The summed E-state index contributed by atoms with van der Waals surface area (Å²) < 4.78 is 0. The quantitative estimate of drug-likeness (QED) is 0.0164. The molecule has 3 aliphatic rings. The van der Waals surface area contributed by atoms with Crippen LogP contribution in [0.2, 0.25) is 0 Å². The molecule has 4 rings (SSSR count). The number of hydrogen-bond donors (Lipinski definition) is 19. The summed E-state index contributed by atoms with van der Waals surface area (Å²) in [4.78, 5) is 210. The molecule has 3 aliphatic heterocycles. The number of carboxylic acid groups (broad SMARTS) is 1. The fourth-order valence-electron chi connectivity index (χ4n) is 11.9. The molecule has 3 saturated heterocycles. The Morgan fingerprint density at radius 1 is 0.587 bits per heavy atom. The zero-order chi connectivity index (χ0) is 76.5. The van der Waals surface area contributed by atoms with Gasteiger partial charge >= 0.3 is 5.97 Å². The van der Waals surface area contributed by atoms with Crippen LogP contribution in [0.5, 0.6) is 0 Å². The summed E-state index contributed by atoms with van der Waals surface area (Å²) in [5, 5.41) is 43.4. The number of nitrogens with zero attached hydrogens (tertiary/aromatic N) is 6. The maximum atomic E-state index is 14.5. The zero-order valence-electron chi connectivity index (χ0n) is 59.0. The fraction of sp³-hybridized carbons (Fsp3) is 0.703. The number of rotatable bonds is 45. The number of aromatic amines is 1. The van der Waals surface area contributed by atoms with Crippen LogP contribution in [0.3, 0.4) is 0 Å². The summed E-state index contributed by atoms with van der Waals surface area (Å²) in [5.74, 6) is -11.6. The maximum absolute atomic E-state index is 14.5. The van der Waals surface area contributed by atoms with Crippen molar-refractivity contribution in [1.82, 2.24) is 72.5 Å². The molecule has 0 aliphatic carbocycles. The van der Waals surface area contributed by atoms with Crippen molar-refractivity contribution in [3.05, 3.63) is 18.2 Å². The van der Waals surface area contributed by atoms with Gasteiger partial charge in [-0.3, -0.25) is 77.1 Å². The molecule has 584 valence electrons. The van der Waals surface area contributed by atoms with Gasteiger partial charge in [-0.25, -0.2) is 4.98 Å². The van der Waals surface area contributed by atoms with Crippen molar-refractivity contribution in [2.45, 2.75) is 216 Å². The van der Waals surface area contributed by atoms with Crippen LogP contribution in [0.25, 0.3) is 0 Å². The van der Waals surface area contributed by atoms with Crippen molar-refractivity contribution in [3.63, 3.8) is 0 Å². The number of primary amides is 1. The Labute approximate surface area is 608 Å². The number of carbonyl (C=O) groups excluding carboxylic acids is 13. The van der Waals surface area contributed by atoms with Gasteiger partial charge < -0.3 is 118 Å². The standard InChI is InChI=1S/C63H107N23O16S.CH4/c1-34(2)28-42(81-52(92)39(13-7-22-72-62(67)68)78-58(98)47-17-11-26-86(47)59(99)40(14-8-23-73-63(69)70)79-50(90)37(65)18-19-48(66)88)53(93)83-44(32-87)55(95)82-43(29-36-30-71-33-75-36)54(94)77-38(12-5-6-21-64)51(91)74-31-49(89)84-24-9-15-45(84)57(97)80-41(20-27-103-4)60(100)85-25-10-16-46(85)56(96)76-35(3)61(101)102;/h30,33-35,37-47,87H,5-29,31-32,64-65H2,1-4H3,(H2,66,88)(H,71,75)(H,74,91)(H,76,96)(H,77,94)(H,78,98)(H,79,90)(H,80,97)(H,81,92)(H,82,95)(H,83,93)(H,101,102)(H4,67,68,72)(H4,69,70,73);1H4. The number of aliphatic carboxylic acids is 1. The van der Waals surface area contributed by atoms with Crippen molar-refractivity contribution in [1.29, 1.82) is 0 Å². The van der Waals surface area contributed by atoms with Gasteiger partial charge in [0.25, 0.3) is 0 Å². The number of carbonyl (C=O) groups is 14. The third-order valence-electron chi connectivity index (χ3n) is 17.4.